The van der Waals surface area contributed by atoms with E-state index in [1.54, 1.807) is 0 Å². The molecular formula is C15H28N2. The van der Waals surface area contributed by atoms with Crippen LogP contribution >= 0.6 is 0 Å². The number of nitrogens with one attached hydrogen (secondary N) is 1. The molecule has 1 N–H and O–H groups in total. The molecule has 3 rings (SSSR count). The predicted molar refractivity (Wildman–Crippen MR) is 72.1 cm³/mol. The first-order valence-electron chi connectivity index (χ1n) is 7.61. The summed E-state index contributed by atoms with van der Waals surface area (Å²) in [5.41, 5.74) is 0.489. The van der Waals surface area contributed by atoms with Crippen LogP contribution in [0.2, 0.25) is 0 Å². The number of rotatable bonds is 3. The van der Waals surface area contributed by atoms with Crippen molar-refractivity contribution in [1.29, 1.82) is 0 Å². The molecule has 3 aliphatic rings. The third-order valence-corrected chi connectivity index (χ3v) is 5.61. The van der Waals surface area contributed by atoms with Gasteiger partial charge < -0.3 is 5.32 Å². The Hall–Kier alpha value is -0.0800. The zero-order valence-electron chi connectivity index (χ0n) is 11.7. The number of likely N-dealkylation sites (N-methyl/N-ethyl adjacent to an activating group) is 1. The van der Waals surface area contributed by atoms with Crippen molar-refractivity contribution in [1.82, 2.24) is 10.2 Å². The summed E-state index contributed by atoms with van der Waals surface area (Å²) in [7, 11) is 0. The second-order valence-electron chi connectivity index (χ2n) is 7.16. The maximum absolute atomic E-state index is 3.78. The number of hydrogen-bond acceptors (Lipinski definition) is 2. The fourth-order valence-electron chi connectivity index (χ4n) is 4.72. The summed E-state index contributed by atoms with van der Waals surface area (Å²) in [5, 5.41) is 3.78. The van der Waals surface area contributed by atoms with Crippen molar-refractivity contribution in [3.63, 3.8) is 0 Å². The summed E-state index contributed by atoms with van der Waals surface area (Å²) >= 11 is 0. The van der Waals surface area contributed by atoms with Crippen molar-refractivity contribution in [2.45, 2.75) is 71.0 Å². The first-order valence-corrected chi connectivity index (χ1v) is 7.61. The second-order valence-corrected chi connectivity index (χ2v) is 7.16. The monoisotopic (exact) mass is 236 g/mol. The first-order chi connectivity index (χ1) is 8.12. The number of nitrogens with zero attached hydrogens (tertiary/aromatic N) is 1. The highest BCUT2D eigenvalue weighted by Gasteiger charge is 2.49. The van der Waals surface area contributed by atoms with E-state index in [1.165, 1.54) is 38.6 Å². The standard InChI is InChI=1S/C15H28N2/c1-4-16-14-13(7-8-15(14,2)3)17-10-11-5-6-12(17)9-11/h11-14,16H,4-10H2,1-3H3. The molecule has 0 aromatic heterocycles. The largest absolute Gasteiger partial charge is 0.312 e. The van der Waals surface area contributed by atoms with Crippen molar-refractivity contribution in [3.8, 4) is 0 Å². The maximum Gasteiger partial charge on any atom is 0.0274 e. The minimum Gasteiger partial charge on any atom is -0.312 e. The fraction of sp³-hybridized carbons (Fsp3) is 1.00. The summed E-state index contributed by atoms with van der Waals surface area (Å²) in [6.07, 6.45) is 7.27. The molecule has 4 atom stereocenters. The molecule has 2 aliphatic carbocycles. The summed E-state index contributed by atoms with van der Waals surface area (Å²) in [6.45, 7) is 9.67. The molecule has 0 spiro atoms. The molecule has 3 fully saturated rings. The van der Waals surface area contributed by atoms with E-state index < -0.39 is 0 Å². The highest BCUT2D eigenvalue weighted by molar-refractivity contribution is 5.05. The van der Waals surface area contributed by atoms with Crippen molar-refractivity contribution < 1.29 is 0 Å². The molecule has 98 valence electrons. The summed E-state index contributed by atoms with van der Waals surface area (Å²) in [4.78, 5) is 2.87. The molecule has 1 saturated heterocycles. The maximum atomic E-state index is 3.78. The van der Waals surface area contributed by atoms with Crippen LogP contribution in [0.5, 0.6) is 0 Å². The Labute approximate surface area is 106 Å². The Morgan fingerprint density at radius 2 is 2.06 bits per heavy atom. The molecule has 2 saturated carbocycles. The Kier molecular flexibility index (Phi) is 2.99. The fourth-order valence-corrected chi connectivity index (χ4v) is 4.72. The van der Waals surface area contributed by atoms with Crippen LogP contribution in [0, 0.1) is 11.3 Å². The number of hydrogen-bond donors (Lipinski definition) is 1. The molecule has 2 heteroatoms. The van der Waals surface area contributed by atoms with E-state index >= 15 is 0 Å². The molecule has 2 bridgehead atoms. The topological polar surface area (TPSA) is 15.3 Å². The molecule has 4 unspecified atom stereocenters. The van der Waals surface area contributed by atoms with E-state index in [2.05, 4.69) is 31.0 Å². The van der Waals surface area contributed by atoms with E-state index in [9.17, 15) is 0 Å². The highest BCUT2D eigenvalue weighted by Crippen LogP contribution is 2.46. The van der Waals surface area contributed by atoms with Crippen LogP contribution in [-0.4, -0.2) is 36.1 Å². The van der Waals surface area contributed by atoms with Crippen LogP contribution in [0.3, 0.4) is 0 Å². The lowest BCUT2D eigenvalue weighted by atomic mass is 9.86. The van der Waals surface area contributed by atoms with Gasteiger partial charge in [-0.15, -0.1) is 0 Å². The lowest BCUT2D eigenvalue weighted by molar-refractivity contribution is 0.112. The van der Waals surface area contributed by atoms with Crippen molar-refractivity contribution in [2.24, 2.45) is 11.3 Å². The molecule has 1 heterocycles. The Balaban J connectivity index is 1.74. The van der Waals surface area contributed by atoms with Gasteiger partial charge in [-0.3, -0.25) is 4.90 Å². The smallest absolute Gasteiger partial charge is 0.0274 e. The molecule has 0 aromatic carbocycles. The minimum absolute atomic E-state index is 0.489. The van der Waals surface area contributed by atoms with Gasteiger partial charge in [-0.1, -0.05) is 20.8 Å². The molecule has 17 heavy (non-hydrogen) atoms. The predicted octanol–water partition coefficient (Wildman–Crippen LogP) is 2.64. The molecule has 0 amide bonds. The third-order valence-electron chi connectivity index (χ3n) is 5.61. The van der Waals surface area contributed by atoms with Gasteiger partial charge in [0.25, 0.3) is 0 Å². The van der Waals surface area contributed by atoms with Gasteiger partial charge in [0.2, 0.25) is 0 Å². The van der Waals surface area contributed by atoms with Gasteiger partial charge >= 0.3 is 0 Å². The van der Waals surface area contributed by atoms with Crippen LogP contribution < -0.4 is 5.32 Å². The van der Waals surface area contributed by atoms with Gasteiger partial charge in [0.15, 0.2) is 0 Å². The normalized spacial score (nSPS) is 44.6. The summed E-state index contributed by atoms with van der Waals surface area (Å²) in [5.74, 6) is 1.03. The molecule has 2 nitrogen and oxygen atoms in total. The zero-order valence-corrected chi connectivity index (χ0v) is 11.7. The lowest BCUT2D eigenvalue weighted by Gasteiger charge is -2.39. The Morgan fingerprint density at radius 3 is 2.65 bits per heavy atom. The molecular weight excluding hydrogens is 208 g/mol. The van der Waals surface area contributed by atoms with Crippen LogP contribution in [0.4, 0.5) is 0 Å². The highest BCUT2D eigenvalue weighted by atomic mass is 15.3. The Morgan fingerprint density at radius 1 is 1.24 bits per heavy atom. The number of fused-ring (bicyclic) bond motifs is 2. The van der Waals surface area contributed by atoms with E-state index in [0.717, 1.165) is 24.5 Å². The van der Waals surface area contributed by atoms with Gasteiger partial charge in [0.05, 0.1) is 0 Å². The zero-order chi connectivity index (χ0) is 12.0. The lowest BCUT2D eigenvalue weighted by Crippen LogP contribution is -2.53. The average Bonchev–Trinajstić information content (AvgIpc) is 2.95. The summed E-state index contributed by atoms with van der Waals surface area (Å²) in [6, 6.07) is 2.46. The van der Waals surface area contributed by atoms with Crippen molar-refractivity contribution >= 4 is 0 Å². The molecule has 1 aliphatic heterocycles. The van der Waals surface area contributed by atoms with Gasteiger partial charge in [0.1, 0.15) is 0 Å². The number of likely N-dealkylation sites (tertiary alicyclic amines) is 1. The van der Waals surface area contributed by atoms with Gasteiger partial charge in [-0.25, -0.2) is 0 Å². The van der Waals surface area contributed by atoms with Crippen LogP contribution in [0.15, 0.2) is 0 Å². The third kappa shape index (κ3) is 1.94. The molecule has 0 aromatic rings. The SMILES string of the molecule is CCNC1C(N2CC3CCC2C3)CCC1(C)C. The summed E-state index contributed by atoms with van der Waals surface area (Å²) < 4.78 is 0. The number of piperidine rings is 1. The van der Waals surface area contributed by atoms with E-state index in [1.807, 2.05) is 0 Å². The average molecular weight is 236 g/mol. The van der Waals surface area contributed by atoms with Crippen LogP contribution in [0.25, 0.3) is 0 Å². The van der Waals surface area contributed by atoms with E-state index in [4.69, 9.17) is 0 Å². The first kappa shape index (κ1) is 12.0. The van der Waals surface area contributed by atoms with Crippen molar-refractivity contribution in [2.75, 3.05) is 13.1 Å². The van der Waals surface area contributed by atoms with E-state index in [0.29, 0.717) is 11.5 Å². The van der Waals surface area contributed by atoms with Crippen molar-refractivity contribution in [3.05, 3.63) is 0 Å². The molecule has 0 radical (unpaired) electrons. The van der Waals surface area contributed by atoms with E-state index in [-0.39, 0.29) is 0 Å². The van der Waals surface area contributed by atoms with Gasteiger partial charge in [-0.2, -0.15) is 0 Å². The Bertz CT molecular complexity index is 287. The van der Waals surface area contributed by atoms with Crippen LogP contribution in [-0.2, 0) is 0 Å². The van der Waals surface area contributed by atoms with Gasteiger partial charge in [-0.05, 0) is 50.0 Å². The van der Waals surface area contributed by atoms with Crippen LogP contribution in [0.1, 0.15) is 52.9 Å². The quantitative estimate of drug-likeness (QED) is 0.810. The second kappa shape index (κ2) is 4.24. The minimum atomic E-state index is 0.489. The van der Waals surface area contributed by atoms with Gasteiger partial charge in [0, 0.05) is 24.7 Å².